The summed E-state index contributed by atoms with van der Waals surface area (Å²) in [6.07, 6.45) is 9.82. The lowest BCUT2D eigenvalue weighted by Crippen LogP contribution is -3.17. The third-order valence-electron chi connectivity index (χ3n) is 7.51. The first-order valence-electron chi connectivity index (χ1n) is 11.6. The number of nitrogens with one attached hydrogen (secondary N) is 4. The Kier molecular flexibility index (Phi) is 9.57. The van der Waals surface area contributed by atoms with Gasteiger partial charge in [-0.2, -0.15) is 5.10 Å². The van der Waals surface area contributed by atoms with E-state index in [4.69, 9.17) is 5.10 Å². The summed E-state index contributed by atoms with van der Waals surface area (Å²) in [6.45, 7) is 4.45. The second-order valence-electron chi connectivity index (χ2n) is 9.56. The van der Waals surface area contributed by atoms with Crippen LogP contribution in [0.5, 0.6) is 0 Å². The predicted molar refractivity (Wildman–Crippen MR) is 122 cm³/mol. The highest BCUT2D eigenvalue weighted by molar-refractivity contribution is 14.1. The Morgan fingerprint density at radius 1 is 1.07 bits per heavy atom. The summed E-state index contributed by atoms with van der Waals surface area (Å²) in [6, 6.07) is -0.910. The third kappa shape index (κ3) is 6.71. The number of likely N-dealkylation sites (tertiary alicyclic amines) is 1. The van der Waals surface area contributed by atoms with E-state index in [1.807, 2.05) is 0 Å². The number of hydroxylamine groups is 4. The fraction of sp³-hybridized carbons (Fsp3) is 0.950. The van der Waals surface area contributed by atoms with E-state index in [1.54, 1.807) is 4.90 Å². The molecule has 3 aliphatic rings. The monoisotopic (exact) mass is 540 g/mol. The van der Waals surface area contributed by atoms with E-state index in [-0.39, 0.29) is 12.5 Å². The van der Waals surface area contributed by atoms with E-state index in [9.17, 15) is 20.8 Å². The Morgan fingerprint density at radius 3 is 2.43 bits per heavy atom. The zero-order chi connectivity index (χ0) is 21.7. The minimum Gasteiger partial charge on any atom is -0.600 e. The number of hydrogen-bond acceptors (Lipinski definition) is 6. The van der Waals surface area contributed by atoms with Crippen molar-refractivity contribution in [3.8, 4) is 0 Å². The highest BCUT2D eigenvalue weighted by Gasteiger charge is 2.38. The van der Waals surface area contributed by atoms with Gasteiger partial charge in [0.05, 0.1) is 30.8 Å². The Morgan fingerprint density at radius 2 is 1.80 bits per heavy atom. The standard InChI is InChI=1S/C20H38IN5O4/c1-14-4-2-3-11-24(14)13-19(15-5-7-16(21)8-6-15)23-22-18-10-9-17(25(27)28)12-20(18)26(29)30/h14-18,20,22,25-27,29H,2-13H2,1H3/p+1. The largest absolute Gasteiger partial charge is 0.600 e. The molecule has 0 spiro atoms. The molecule has 0 aromatic carbocycles. The number of nitrogens with zero attached hydrogens (tertiary/aromatic N) is 1. The van der Waals surface area contributed by atoms with E-state index in [0.29, 0.717) is 24.8 Å². The normalized spacial score (nSPS) is 40.6. The average Bonchev–Trinajstić information content (AvgIpc) is 2.73. The molecule has 6 N–H and O–H groups in total. The van der Waals surface area contributed by atoms with Crippen LogP contribution in [0.2, 0.25) is 0 Å². The molecule has 0 aromatic heterocycles. The summed E-state index contributed by atoms with van der Waals surface area (Å²) in [7, 11) is 0. The number of hydrazone groups is 1. The molecule has 3 fully saturated rings. The van der Waals surface area contributed by atoms with Gasteiger partial charge in [-0.3, -0.25) is 0 Å². The molecule has 7 atom stereocenters. The van der Waals surface area contributed by atoms with E-state index in [0.717, 1.165) is 23.3 Å². The van der Waals surface area contributed by atoms with Gasteiger partial charge in [0.15, 0.2) is 0 Å². The van der Waals surface area contributed by atoms with Crippen LogP contribution in [0.1, 0.15) is 71.1 Å². The average molecular weight is 540 g/mol. The molecule has 2 saturated carbocycles. The first-order chi connectivity index (χ1) is 14.3. The Bertz CT molecular complexity index is 559. The van der Waals surface area contributed by atoms with Gasteiger partial charge in [-0.1, -0.05) is 22.6 Å². The van der Waals surface area contributed by atoms with Crippen molar-refractivity contribution in [2.75, 3.05) is 13.1 Å². The molecular weight excluding hydrogens is 501 g/mol. The highest BCUT2D eigenvalue weighted by Crippen LogP contribution is 2.30. The van der Waals surface area contributed by atoms with Crippen molar-refractivity contribution in [3.63, 3.8) is 0 Å². The van der Waals surface area contributed by atoms with Crippen molar-refractivity contribution in [2.45, 2.75) is 99.2 Å². The van der Waals surface area contributed by atoms with E-state index >= 15 is 0 Å². The molecule has 1 heterocycles. The van der Waals surface area contributed by atoms with Gasteiger partial charge < -0.3 is 20.7 Å². The lowest BCUT2D eigenvalue weighted by Gasteiger charge is -2.39. The van der Waals surface area contributed by atoms with Crippen LogP contribution in [-0.2, 0) is 0 Å². The summed E-state index contributed by atoms with van der Waals surface area (Å²) in [5.41, 5.74) is 4.43. The fourth-order valence-electron chi connectivity index (χ4n) is 5.40. The molecule has 0 bridgehead atoms. The third-order valence-corrected chi connectivity index (χ3v) is 8.75. The maximum Gasteiger partial charge on any atom is 0.144 e. The van der Waals surface area contributed by atoms with Gasteiger partial charge in [0.2, 0.25) is 0 Å². The lowest BCUT2D eigenvalue weighted by molar-refractivity contribution is -1.09. The van der Waals surface area contributed by atoms with Gasteiger partial charge in [-0.05, 0) is 58.3 Å². The Balaban J connectivity index is 1.69. The molecule has 10 heteroatoms. The summed E-state index contributed by atoms with van der Waals surface area (Å²) in [5.74, 6) is 0.476. The van der Waals surface area contributed by atoms with Crippen LogP contribution in [0.3, 0.4) is 0 Å². The molecular formula is C20H39IN5O4+. The lowest BCUT2D eigenvalue weighted by atomic mass is 9.85. The minimum absolute atomic E-state index is 0.182. The van der Waals surface area contributed by atoms with Gasteiger partial charge in [-0.15, -0.1) is 0 Å². The maximum atomic E-state index is 11.8. The maximum absolute atomic E-state index is 11.8. The summed E-state index contributed by atoms with van der Waals surface area (Å²) in [5, 5.41) is 45.1. The first-order valence-corrected chi connectivity index (χ1v) is 12.9. The molecule has 1 aliphatic heterocycles. The van der Waals surface area contributed by atoms with Crippen LogP contribution in [0.15, 0.2) is 5.10 Å². The van der Waals surface area contributed by atoms with Crippen LogP contribution < -0.4 is 20.8 Å². The quantitative estimate of drug-likeness (QED) is 0.109. The second kappa shape index (κ2) is 11.7. The zero-order valence-corrected chi connectivity index (χ0v) is 20.1. The van der Waals surface area contributed by atoms with Gasteiger partial charge >= 0.3 is 0 Å². The highest BCUT2D eigenvalue weighted by atomic mass is 127. The molecule has 0 amide bonds. The molecule has 0 radical (unpaired) electrons. The van der Waals surface area contributed by atoms with Crippen molar-refractivity contribution in [1.29, 1.82) is 0 Å². The molecule has 9 nitrogen and oxygen atoms in total. The number of halogens is 1. The molecule has 1 saturated heterocycles. The molecule has 174 valence electrons. The van der Waals surface area contributed by atoms with Gasteiger partial charge in [0.25, 0.3) is 0 Å². The van der Waals surface area contributed by atoms with Crippen molar-refractivity contribution in [2.24, 2.45) is 11.0 Å². The van der Waals surface area contributed by atoms with Gasteiger partial charge in [-0.25, -0.2) is 20.9 Å². The van der Waals surface area contributed by atoms with Gasteiger partial charge in [0, 0.05) is 16.3 Å². The van der Waals surface area contributed by atoms with Crippen LogP contribution in [-0.4, -0.2) is 57.3 Å². The second-order valence-corrected chi connectivity index (χ2v) is 11.3. The van der Waals surface area contributed by atoms with Crippen molar-refractivity contribution in [1.82, 2.24) is 5.43 Å². The fourth-order valence-corrected chi connectivity index (χ4v) is 6.12. The number of alkyl halides is 1. The first kappa shape index (κ1) is 24.6. The van der Waals surface area contributed by atoms with E-state index in [1.165, 1.54) is 44.4 Å². The number of piperidine rings is 1. The van der Waals surface area contributed by atoms with E-state index < -0.39 is 22.5 Å². The van der Waals surface area contributed by atoms with E-state index in [2.05, 4.69) is 34.9 Å². The summed E-state index contributed by atoms with van der Waals surface area (Å²) < 4.78 is 0.747. The molecule has 3 rings (SSSR count). The van der Waals surface area contributed by atoms with Crippen molar-refractivity contribution < 1.29 is 25.8 Å². The Hall–Kier alpha value is -0.0800. The Labute approximate surface area is 193 Å². The zero-order valence-electron chi connectivity index (χ0n) is 18.0. The van der Waals surface area contributed by atoms with Crippen molar-refractivity contribution in [3.05, 3.63) is 10.4 Å². The van der Waals surface area contributed by atoms with Crippen molar-refractivity contribution >= 4 is 28.3 Å². The number of quaternary nitrogens is 3. The van der Waals surface area contributed by atoms with Gasteiger partial charge in [0.1, 0.15) is 18.6 Å². The number of rotatable bonds is 7. The van der Waals surface area contributed by atoms with Crippen LogP contribution in [0, 0.1) is 16.3 Å². The van der Waals surface area contributed by atoms with Crippen LogP contribution in [0.4, 0.5) is 0 Å². The predicted octanol–water partition coefficient (Wildman–Crippen LogP) is -0.783. The topological polar surface area (TPSA) is 124 Å². The molecule has 2 aliphatic carbocycles. The number of hydrogen-bond donors (Lipinski definition) is 6. The summed E-state index contributed by atoms with van der Waals surface area (Å²) >= 11 is 2.55. The minimum atomic E-state index is -0.920. The SMILES string of the molecule is CC1CCCC[NH+]1CC(=NNC1CCC([NH+]([O-])O)CC1[NH+]([O-])O)C1CCC(I)CC1. The smallest absolute Gasteiger partial charge is 0.144 e. The summed E-state index contributed by atoms with van der Waals surface area (Å²) in [4.78, 5) is 1.60. The van der Waals surface area contributed by atoms with Crippen LogP contribution in [0.25, 0.3) is 0 Å². The molecule has 30 heavy (non-hydrogen) atoms. The van der Waals surface area contributed by atoms with Crippen LogP contribution >= 0.6 is 22.6 Å². The molecule has 7 unspecified atom stereocenters. The molecule has 0 aromatic rings.